The highest BCUT2D eigenvalue weighted by atomic mass is 35.5. The number of nitrogens with zero attached hydrogens (tertiary/aromatic N) is 1. The molecule has 11 heteroatoms. The Balaban J connectivity index is 1.75. The van der Waals surface area contributed by atoms with Crippen LogP contribution in [0, 0.1) is 0 Å². The Morgan fingerprint density at radius 2 is 1.86 bits per heavy atom. The Hall–Kier alpha value is -1.49. The van der Waals surface area contributed by atoms with Crippen LogP contribution in [0.4, 0.5) is 0 Å². The molecule has 28 heavy (non-hydrogen) atoms. The van der Waals surface area contributed by atoms with Gasteiger partial charge in [0.2, 0.25) is 15.8 Å². The van der Waals surface area contributed by atoms with E-state index in [0.29, 0.717) is 22.4 Å². The van der Waals surface area contributed by atoms with E-state index < -0.39 is 28.4 Å². The van der Waals surface area contributed by atoms with Crippen LogP contribution in [0.2, 0.25) is 9.36 Å². The van der Waals surface area contributed by atoms with Crippen molar-refractivity contribution in [3.8, 4) is 0 Å². The van der Waals surface area contributed by atoms with Crippen molar-refractivity contribution >= 4 is 56.3 Å². The first-order valence-electron chi connectivity index (χ1n) is 8.12. The quantitative estimate of drug-likeness (QED) is 0.482. The lowest BCUT2D eigenvalue weighted by atomic mass is 10.2. The molecular formula is C17H15Cl2NO6S2. The zero-order valence-corrected chi connectivity index (χ0v) is 17.5. The molecule has 0 bridgehead atoms. The minimum Gasteiger partial charge on any atom is -0.454 e. The van der Waals surface area contributed by atoms with E-state index in [1.165, 1.54) is 22.5 Å². The summed E-state index contributed by atoms with van der Waals surface area (Å²) >= 11 is 12.9. The molecule has 0 unspecified atom stereocenters. The van der Waals surface area contributed by atoms with Crippen molar-refractivity contribution in [2.45, 2.75) is 4.90 Å². The second-order valence-corrected chi connectivity index (χ2v) is 9.82. The van der Waals surface area contributed by atoms with E-state index in [0.717, 1.165) is 17.4 Å². The molecule has 1 aliphatic heterocycles. The Morgan fingerprint density at radius 1 is 1.14 bits per heavy atom. The lowest BCUT2D eigenvalue weighted by Crippen LogP contribution is -2.40. The number of carbonyl (C=O) groups excluding carboxylic acids is 2. The van der Waals surface area contributed by atoms with E-state index in [9.17, 15) is 18.0 Å². The average Bonchev–Trinajstić information content (AvgIpc) is 3.13. The van der Waals surface area contributed by atoms with Gasteiger partial charge in [-0.15, -0.1) is 11.3 Å². The number of morpholine rings is 1. The Labute approximate surface area is 175 Å². The van der Waals surface area contributed by atoms with Crippen molar-refractivity contribution in [2.24, 2.45) is 0 Å². The molecule has 0 atom stereocenters. The number of hydrogen-bond donors (Lipinski definition) is 0. The number of benzene rings is 1. The number of esters is 1. The van der Waals surface area contributed by atoms with Crippen LogP contribution in [0.3, 0.4) is 0 Å². The molecule has 0 N–H and O–H groups in total. The normalized spacial score (nSPS) is 15.4. The average molecular weight is 464 g/mol. The van der Waals surface area contributed by atoms with E-state index >= 15 is 0 Å². The largest absolute Gasteiger partial charge is 0.454 e. The fourth-order valence-corrected chi connectivity index (χ4v) is 5.10. The van der Waals surface area contributed by atoms with Crippen LogP contribution in [0.5, 0.6) is 0 Å². The van der Waals surface area contributed by atoms with Crippen molar-refractivity contribution in [1.82, 2.24) is 4.31 Å². The second-order valence-electron chi connectivity index (χ2n) is 5.76. The Bertz CT molecular complexity index is 999. The molecule has 0 aliphatic carbocycles. The summed E-state index contributed by atoms with van der Waals surface area (Å²) in [6.45, 7) is 0.546. The van der Waals surface area contributed by atoms with Gasteiger partial charge in [0.1, 0.15) is 0 Å². The molecule has 1 saturated heterocycles. The number of carbonyl (C=O) groups is 2. The summed E-state index contributed by atoms with van der Waals surface area (Å²) < 4.78 is 37.4. The van der Waals surface area contributed by atoms with E-state index in [1.54, 1.807) is 6.07 Å². The van der Waals surface area contributed by atoms with Crippen LogP contribution in [0.15, 0.2) is 35.2 Å². The van der Waals surface area contributed by atoms with Gasteiger partial charge < -0.3 is 9.47 Å². The number of thiophene rings is 1. The van der Waals surface area contributed by atoms with Gasteiger partial charge in [0.05, 0.1) is 37.9 Å². The third-order valence-corrected chi connectivity index (χ3v) is 7.44. The van der Waals surface area contributed by atoms with Crippen LogP contribution in [0.1, 0.15) is 20.0 Å². The number of ketones is 1. The number of sulfonamides is 1. The van der Waals surface area contributed by atoms with Crippen molar-refractivity contribution in [3.05, 3.63) is 50.1 Å². The molecule has 7 nitrogen and oxygen atoms in total. The summed E-state index contributed by atoms with van der Waals surface area (Å²) in [5.74, 6) is -1.31. The van der Waals surface area contributed by atoms with Gasteiger partial charge in [0.25, 0.3) is 0 Å². The van der Waals surface area contributed by atoms with Gasteiger partial charge in [0.15, 0.2) is 6.61 Å². The van der Waals surface area contributed by atoms with Crippen molar-refractivity contribution in [2.75, 3.05) is 32.9 Å². The Kier molecular flexibility index (Phi) is 6.74. The smallest absolute Gasteiger partial charge is 0.340 e. The molecule has 0 amide bonds. The maximum atomic E-state index is 12.7. The van der Waals surface area contributed by atoms with E-state index in [4.69, 9.17) is 32.7 Å². The number of Topliss-reactive ketones (excluding diaryl/α,β-unsaturated/α-hetero) is 1. The van der Waals surface area contributed by atoms with Crippen molar-refractivity contribution in [3.63, 3.8) is 0 Å². The van der Waals surface area contributed by atoms with Gasteiger partial charge in [0, 0.05) is 13.1 Å². The maximum Gasteiger partial charge on any atom is 0.340 e. The number of ether oxygens (including phenoxy) is 2. The third kappa shape index (κ3) is 4.73. The van der Waals surface area contributed by atoms with Crippen LogP contribution in [-0.2, 0) is 19.5 Å². The summed E-state index contributed by atoms with van der Waals surface area (Å²) in [5, 5.41) is 0.0255. The van der Waals surface area contributed by atoms with Crippen molar-refractivity contribution < 1.29 is 27.5 Å². The predicted octanol–water partition coefficient (Wildman–Crippen LogP) is 3.12. The molecule has 0 radical (unpaired) electrons. The fraction of sp³-hybridized carbons (Fsp3) is 0.294. The van der Waals surface area contributed by atoms with Crippen LogP contribution in [0.25, 0.3) is 0 Å². The summed E-state index contributed by atoms with van der Waals surface area (Å²) in [7, 11) is -3.80. The van der Waals surface area contributed by atoms with E-state index in [1.807, 2.05) is 0 Å². The fourth-order valence-electron chi connectivity index (χ4n) is 2.50. The first-order chi connectivity index (χ1) is 13.3. The zero-order chi connectivity index (χ0) is 20.3. The number of halogens is 2. The second kappa shape index (κ2) is 8.89. The van der Waals surface area contributed by atoms with E-state index in [-0.39, 0.29) is 28.6 Å². The molecule has 2 heterocycles. The van der Waals surface area contributed by atoms with Gasteiger partial charge in [-0.3, -0.25) is 4.79 Å². The molecule has 1 aromatic heterocycles. The minimum absolute atomic E-state index is 0.0255. The highest BCUT2D eigenvalue weighted by Crippen LogP contribution is 2.25. The summed E-state index contributed by atoms with van der Waals surface area (Å²) in [5.41, 5.74) is -0.131. The molecule has 0 saturated carbocycles. The highest BCUT2D eigenvalue weighted by molar-refractivity contribution is 7.89. The SMILES string of the molecule is O=C(COC(=O)c1cc(S(=O)(=O)N2CCOCC2)ccc1Cl)c1ccc(Cl)s1. The maximum absolute atomic E-state index is 12.7. The minimum atomic E-state index is -3.80. The summed E-state index contributed by atoms with van der Waals surface area (Å²) in [4.78, 5) is 24.7. The van der Waals surface area contributed by atoms with Gasteiger partial charge in [-0.2, -0.15) is 4.31 Å². The standard InChI is InChI=1S/C17H15Cl2NO6S2/c18-13-2-1-11(28(23,24)20-5-7-25-8-6-20)9-12(13)17(22)26-10-14(21)15-3-4-16(19)27-15/h1-4,9H,5-8,10H2. The highest BCUT2D eigenvalue weighted by Gasteiger charge is 2.28. The third-order valence-electron chi connectivity index (χ3n) is 3.95. The summed E-state index contributed by atoms with van der Waals surface area (Å²) in [6, 6.07) is 6.89. The molecule has 3 rings (SSSR count). The van der Waals surface area contributed by atoms with Crippen LogP contribution < -0.4 is 0 Å². The lowest BCUT2D eigenvalue weighted by Gasteiger charge is -2.26. The molecule has 150 valence electrons. The molecule has 1 aliphatic rings. The first kappa shape index (κ1) is 21.2. The number of rotatable bonds is 6. The monoisotopic (exact) mass is 463 g/mol. The summed E-state index contributed by atoms with van der Waals surface area (Å²) in [6.07, 6.45) is 0. The first-order valence-corrected chi connectivity index (χ1v) is 11.1. The van der Waals surface area contributed by atoms with Gasteiger partial charge in [-0.1, -0.05) is 23.2 Å². The Morgan fingerprint density at radius 3 is 2.50 bits per heavy atom. The predicted molar refractivity (Wildman–Crippen MR) is 105 cm³/mol. The lowest BCUT2D eigenvalue weighted by molar-refractivity contribution is 0.0475. The zero-order valence-electron chi connectivity index (χ0n) is 14.4. The topological polar surface area (TPSA) is 90.0 Å². The molecule has 2 aromatic rings. The van der Waals surface area contributed by atoms with E-state index in [2.05, 4.69) is 0 Å². The van der Waals surface area contributed by atoms with Gasteiger partial charge >= 0.3 is 5.97 Å². The van der Waals surface area contributed by atoms with Crippen LogP contribution >= 0.6 is 34.5 Å². The molecule has 0 spiro atoms. The van der Waals surface area contributed by atoms with Gasteiger partial charge in [-0.05, 0) is 30.3 Å². The molecule has 1 fully saturated rings. The number of hydrogen-bond acceptors (Lipinski definition) is 7. The van der Waals surface area contributed by atoms with Crippen molar-refractivity contribution in [1.29, 1.82) is 0 Å². The molecule has 1 aromatic carbocycles. The van der Waals surface area contributed by atoms with Gasteiger partial charge in [-0.25, -0.2) is 13.2 Å². The molecular weight excluding hydrogens is 449 g/mol. The van der Waals surface area contributed by atoms with Crippen LogP contribution in [-0.4, -0.2) is 57.4 Å².